The molecule has 0 atom stereocenters. The van der Waals surface area contributed by atoms with E-state index in [2.05, 4.69) is 11.7 Å². The van der Waals surface area contributed by atoms with Gasteiger partial charge in [-0.05, 0) is 24.1 Å². The fourth-order valence-electron chi connectivity index (χ4n) is 1.32. The molecule has 0 amide bonds. The molecule has 0 aliphatic heterocycles. The molecule has 16 heavy (non-hydrogen) atoms. The second kappa shape index (κ2) is 6.88. The Morgan fingerprint density at radius 2 is 2.19 bits per heavy atom. The Bertz CT molecular complexity index is 334. The van der Waals surface area contributed by atoms with Crippen LogP contribution in [-0.2, 0) is 16.0 Å². The number of ether oxygens (including phenoxy) is 2. The van der Waals surface area contributed by atoms with E-state index in [0.29, 0.717) is 6.42 Å². The third-order valence-electron chi connectivity index (χ3n) is 2.24. The molecule has 0 radical (unpaired) electrons. The third kappa shape index (κ3) is 4.34. The van der Waals surface area contributed by atoms with E-state index in [0.717, 1.165) is 30.8 Å². The van der Waals surface area contributed by atoms with E-state index in [1.54, 1.807) is 0 Å². The van der Waals surface area contributed by atoms with Crippen LogP contribution in [0.25, 0.3) is 0 Å². The first-order valence-electron chi connectivity index (χ1n) is 5.54. The maximum atomic E-state index is 11.1. The van der Waals surface area contributed by atoms with Gasteiger partial charge in [-0.1, -0.05) is 25.5 Å². The zero-order chi connectivity index (χ0) is 11.8. The molecule has 0 fully saturated rings. The first-order chi connectivity index (χ1) is 7.76. The SMILES string of the molecule is CCCCOc1cccc(CC(=O)OC)c1. The minimum Gasteiger partial charge on any atom is -0.494 e. The monoisotopic (exact) mass is 222 g/mol. The van der Waals surface area contributed by atoms with Crippen molar-refractivity contribution in [2.45, 2.75) is 26.2 Å². The molecule has 0 saturated heterocycles. The number of carbonyl (C=O) groups is 1. The summed E-state index contributed by atoms with van der Waals surface area (Å²) in [5, 5.41) is 0. The smallest absolute Gasteiger partial charge is 0.309 e. The summed E-state index contributed by atoms with van der Waals surface area (Å²) in [6.07, 6.45) is 2.45. The van der Waals surface area contributed by atoms with E-state index in [4.69, 9.17) is 4.74 Å². The Balaban J connectivity index is 2.53. The lowest BCUT2D eigenvalue weighted by Gasteiger charge is -2.06. The van der Waals surface area contributed by atoms with E-state index in [1.807, 2.05) is 24.3 Å². The number of unbranched alkanes of at least 4 members (excludes halogenated alkanes) is 1. The van der Waals surface area contributed by atoms with Crippen LogP contribution in [0.4, 0.5) is 0 Å². The predicted molar refractivity (Wildman–Crippen MR) is 62.6 cm³/mol. The Morgan fingerprint density at radius 1 is 1.38 bits per heavy atom. The molecule has 0 bridgehead atoms. The van der Waals surface area contributed by atoms with Crippen molar-refractivity contribution < 1.29 is 14.3 Å². The van der Waals surface area contributed by atoms with Crippen molar-refractivity contribution in [3.8, 4) is 5.75 Å². The number of hydrogen-bond donors (Lipinski definition) is 0. The minimum absolute atomic E-state index is 0.231. The number of esters is 1. The number of hydrogen-bond acceptors (Lipinski definition) is 3. The molecule has 1 rings (SSSR count). The summed E-state index contributed by atoms with van der Waals surface area (Å²) >= 11 is 0. The fraction of sp³-hybridized carbons (Fsp3) is 0.462. The van der Waals surface area contributed by atoms with E-state index in [1.165, 1.54) is 7.11 Å². The first-order valence-corrected chi connectivity index (χ1v) is 5.54. The molecule has 88 valence electrons. The van der Waals surface area contributed by atoms with Crippen LogP contribution < -0.4 is 4.74 Å². The van der Waals surface area contributed by atoms with Gasteiger partial charge in [-0.3, -0.25) is 4.79 Å². The highest BCUT2D eigenvalue weighted by Crippen LogP contribution is 2.14. The predicted octanol–water partition coefficient (Wildman–Crippen LogP) is 2.58. The molecule has 1 aromatic carbocycles. The number of carbonyl (C=O) groups excluding carboxylic acids is 1. The lowest BCUT2D eigenvalue weighted by atomic mass is 10.1. The van der Waals surface area contributed by atoms with Gasteiger partial charge in [0.05, 0.1) is 20.1 Å². The maximum Gasteiger partial charge on any atom is 0.309 e. The lowest BCUT2D eigenvalue weighted by Crippen LogP contribution is -2.04. The standard InChI is InChI=1S/C13H18O3/c1-3-4-8-16-12-7-5-6-11(9-12)10-13(14)15-2/h5-7,9H,3-4,8,10H2,1-2H3. The van der Waals surface area contributed by atoms with E-state index < -0.39 is 0 Å². The molecule has 0 saturated carbocycles. The van der Waals surface area contributed by atoms with Gasteiger partial charge in [0.2, 0.25) is 0 Å². The molecule has 0 aliphatic carbocycles. The van der Waals surface area contributed by atoms with E-state index >= 15 is 0 Å². The topological polar surface area (TPSA) is 35.5 Å². The Morgan fingerprint density at radius 3 is 2.88 bits per heavy atom. The molecule has 0 aliphatic rings. The van der Waals surface area contributed by atoms with Crippen LogP contribution in [0.1, 0.15) is 25.3 Å². The molecule has 0 N–H and O–H groups in total. The normalized spacial score (nSPS) is 9.88. The highest BCUT2D eigenvalue weighted by Gasteiger charge is 2.03. The third-order valence-corrected chi connectivity index (χ3v) is 2.24. The first kappa shape index (κ1) is 12.6. The van der Waals surface area contributed by atoms with Crippen molar-refractivity contribution in [1.29, 1.82) is 0 Å². The molecule has 3 nitrogen and oxygen atoms in total. The molecule has 0 spiro atoms. The summed E-state index contributed by atoms with van der Waals surface area (Å²) in [6, 6.07) is 7.56. The van der Waals surface area contributed by atoms with Gasteiger partial charge in [0.25, 0.3) is 0 Å². The van der Waals surface area contributed by atoms with Crippen molar-refractivity contribution in [2.75, 3.05) is 13.7 Å². The van der Waals surface area contributed by atoms with Crippen LogP contribution in [-0.4, -0.2) is 19.7 Å². The van der Waals surface area contributed by atoms with Crippen molar-refractivity contribution in [3.63, 3.8) is 0 Å². The maximum absolute atomic E-state index is 11.1. The van der Waals surface area contributed by atoms with Gasteiger partial charge in [-0.2, -0.15) is 0 Å². The van der Waals surface area contributed by atoms with Gasteiger partial charge >= 0.3 is 5.97 Å². The van der Waals surface area contributed by atoms with Crippen LogP contribution in [0.2, 0.25) is 0 Å². The number of benzene rings is 1. The van der Waals surface area contributed by atoms with Gasteiger partial charge in [0.15, 0.2) is 0 Å². The van der Waals surface area contributed by atoms with Crippen molar-refractivity contribution >= 4 is 5.97 Å². The van der Waals surface area contributed by atoms with Crippen LogP contribution in [0.5, 0.6) is 5.75 Å². The number of rotatable bonds is 6. The van der Waals surface area contributed by atoms with Crippen molar-refractivity contribution in [1.82, 2.24) is 0 Å². The average molecular weight is 222 g/mol. The van der Waals surface area contributed by atoms with Gasteiger partial charge in [-0.15, -0.1) is 0 Å². The van der Waals surface area contributed by atoms with Crippen LogP contribution in [0.3, 0.4) is 0 Å². The summed E-state index contributed by atoms with van der Waals surface area (Å²) in [6.45, 7) is 2.84. The van der Waals surface area contributed by atoms with Gasteiger partial charge in [-0.25, -0.2) is 0 Å². The molecule has 0 aromatic heterocycles. The van der Waals surface area contributed by atoms with E-state index in [9.17, 15) is 4.79 Å². The Labute approximate surface area is 96.4 Å². The highest BCUT2D eigenvalue weighted by atomic mass is 16.5. The molecule has 3 heteroatoms. The molecule has 0 unspecified atom stereocenters. The minimum atomic E-state index is -0.231. The van der Waals surface area contributed by atoms with Crippen molar-refractivity contribution in [2.24, 2.45) is 0 Å². The van der Waals surface area contributed by atoms with E-state index in [-0.39, 0.29) is 5.97 Å². The van der Waals surface area contributed by atoms with Gasteiger partial charge < -0.3 is 9.47 Å². The Hall–Kier alpha value is -1.51. The zero-order valence-electron chi connectivity index (χ0n) is 9.86. The highest BCUT2D eigenvalue weighted by molar-refractivity contribution is 5.72. The summed E-state index contributed by atoms with van der Waals surface area (Å²) in [5.41, 5.74) is 0.917. The summed E-state index contributed by atoms with van der Waals surface area (Å²) < 4.78 is 10.2. The molecular formula is C13H18O3. The van der Waals surface area contributed by atoms with Crippen LogP contribution in [0, 0.1) is 0 Å². The summed E-state index contributed by atoms with van der Waals surface area (Å²) in [7, 11) is 1.39. The zero-order valence-corrected chi connectivity index (χ0v) is 9.86. The van der Waals surface area contributed by atoms with Crippen molar-refractivity contribution in [3.05, 3.63) is 29.8 Å². The number of methoxy groups -OCH3 is 1. The molecular weight excluding hydrogens is 204 g/mol. The Kier molecular flexibility index (Phi) is 5.40. The second-order valence-corrected chi connectivity index (χ2v) is 3.60. The van der Waals surface area contributed by atoms with Crippen LogP contribution in [0.15, 0.2) is 24.3 Å². The molecule has 0 heterocycles. The van der Waals surface area contributed by atoms with Gasteiger partial charge in [0.1, 0.15) is 5.75 Å². The van der Waals surface area contributed by atoms with Gasteiger partial charge in [0, 0.05) is 0 Å². The summed E-state index contributed by atoms with van der Waals surface area (Å²) in [4.78, 5) is 11.1. The largest absolute Gasteiger partial charge is 0.494 e. The van der Waals surface area contributed by atoms with Crippen LogP contribution >= 0.6 is 0 Å². The lowest BCUT2D eigenvalue weighted by molar-refractivity contribution is -0.139. The fourth-order valence-corrected chi connectivity index (χ4v) is 1.32. The quantitative estimate of drug-likeness (QED) is 0.548. The molecule has 1 aromatic rings. The average Bonchev–Trinajstić information content (AvgIpc) is 2.30. The second-order valence-electron chi connectivity index (χ2n) is 3.60. The summed E-state index contributed by atoms with van der Waals surface area (Å²) in [5.74, 6) is 0.584.